The van der Waals surface area contributed by atoms with E-state index < -0.39 is 15.8 Å². The minimum absolute atomic E-state index is 0.109. The summed E-state index contributed by atoms with van der Waals surface area (Å²) in [6.45, 7) is 1.31. The van der Waals surface area contributed by atoms with Gasteiger partial charge in [-0.1, -0.05) is 6.08 Å². The van der Waals surface area contributed by atoms with E-state index >= 15 is 0 Å². The second-order valence-corrected chi connectivity index (χ2v) is 4.76. The number of carbonyl (C=O) groups excluding carboxylic acids is 1. The molecule has 0 fully saturated rings. The van der Waals surface area contributed by atoms with Gasteiger partial charge in [-0.3, -0.25) is 9.35 Å². The summed E-state index contributed by atoms with van der Waals surface area (Å²) in [4.78, 5) is 10.6. The zero-order valence-electron chi connectivity index (χ0n) is 8.10. The number of amides is 1. The summed E-state index contributed by atoms with van der Waals surface area (Å²) in [7, 11) is -4.20. The molecule has 1 aliphatic carbocycles. The summed E-state index contributed by atoms with van der Waals surface area (Å²) in [5, 5.41) is 2.46. The average molecular weight is 232 g/mol. The SMILES string of the molecule is CC(=O)NC1(N)C=CC(S(=O)(=O)O)=CC1. The van der Waals surface area contributed by atoms with Crippen LogP contribution >= 0.6 is 0 Å². The number of rotatable bonds is 2. The molecule has 15 heavy (non-hydrogen) atoms. The van der Waals surface area contributed by atoms with Gasteiger partial charge in [0.05, 0.1) is 4.91 Å². The van der Waals surface area contributed by atoms with E-state index in [9.17, 15) is 13.2 Å². The highest BCUT2D eigenvalue weighted by molar-refractivity contribution is 7.90. The molecule has 1 rings (SSSR count). The van der Waals surface area contributed by atoms with Gasteiger partial charge in [-0.25, -0.2) is 0 Å². The van der Waals surface area contributed by atoms with Gasteiger partial charge in [0.2, 0.25) is 5.91 Å². The fraction of sp³-hybridized carbons (Fsp3) is 0.375. The zero-order valence-corrected chi connectivity index (χ0v) is 8.91. The fourth-order valence-corrected chi connectivity index (χ4v) is 1.78. The van der Waals surface area contributed by atoms with Gasteiger partial charge >= 0.3 is 0 Å². The van der Waals surface area contributed by atoms with Crippen LogP contribution in [0.4, 0.5) is 0 Å². The quantitative estimate of drug-likeness (QED) is 0.439. The van der Waals surface area contributed by atoms with Crippen LogP contribution in [0.25, 0.3) is 0 Å². The van der Waals surface area contributed by atoms with E-state index in [1.54, 1.807) is 0 Å². The molecule has 0 aliphatic heterocycles. The van der Waals surface area contributed by atoms with Crippen molar-refractivity contribution in [1.82, 2.24) is 5.32 Å². The lowest BCUT2D eigenvalue weighted by molar-refractivity contribution is -0.120. The molecular weight excluding hydrogens is 220 g/mol. The third kappa shape index (κ3) is 3.15. The maximum Gasteiger partial charge on any atom is 0.294 e. The molecule has 0 radical (unpaired) electrons. The molecule has 84 valence electrons. The first-order valence-corrected chi connectivity index (χ1v) is 5.61. The molecule has 4 N–H and O–H groups in total. The molecule has 0 aromatic rings. The monoisotopic (exact) mass is 232 g/mol. The van der Waals surface area contributed by atoms with Crippen molar-refractivity contribution in [2.45, 2.75) is 19.0 Å². The minimum Gasteiger partial charge on any atom is -0.335 e. The number of hydrogen-bond acceptors (Lipinski definition) is 4. The van der Waals surface area contributed by atoms with Gasteiger partial charge in [-0.15, -0.1) is 0 Å². The van der Waals surface area contributed by atoms with Crippen molar-refractivity contribution >= 4 is 16.0 Å². The molecule has 0 spiro atoms. The maximum atomic E-state index is 10.8. The van der Waals surface area contributed by atoms with Crippen LogP contribution in [0.3, 0.4) is 0 Å². The second kappa shape index (κ2) is 3.76. The van der Waals surface area contributed by atoms with Crippen molar-refractivity contribution in [2.24, 2.45) is 5.73 Å². The van der Waals surface area contributed by atoms with Crippen LogP contribution in [0.5, 0.6) is 0 Å². The molecule has 1 unspecified atom stereocenters. The molecule has 0 bridgehead atoms. The van der Waals surface area contributed by atoms with Crippen molar-refractivity contribution in [2.75, 3.05) is 0 Å². The van der Waals surface area contributed by atoms with Crippen LogP contribution in [-0.4, -0.2) is 24.5 Å². The summed E-state index contributed by atoms with van der Waals surface area (Å²) in [6.07, 6.45) is 3.86. The number of allylic oxidation sites excluding steroid dienone is 1. The maximum absolute atomic E-state index is 10.8. The predicted molar refractivity (Wildman–Crippen MR) is 54.1 cm³/mol. The van der Waals surface area contributed by atoms with Gasteiger partial charge < -0.3 is 11.1 Å². The third-order valence-corrected chi connectivity index (χ3v) is 2.79. The Morgan fingerprint density at radius 1 is 1.67 bits per heavy atom. The predicted octanol–water partition coefficient (Wildman–Crippen LogP) is -0.491. The number of nitrogens with one attached hydrogen (secondary N) is 1. The highest BCUT2D eigenvalue weighted by atomic mass is 32.2. The summed E-state index contributed by atoms with van der Waals surface area (Å²) in [5.74, 6) is -0.314. The highest BCUT2D eigenvalue weighted by Gasteiger charge is 2.26. The van der Waals surface area contributed by atoms with Gasteiger partial charge in [0.1, 0.15) is 5.66 Å². The van der Waals surface area contributed by atoms with Gasteiger partial charge in [-0.05, 0) is 12.2 Å². The molecule has 0 aromatic carbocycles. The second-order valence-electron chi connectivity index (χ2n) is 3.34. The molecule has 0 aromatic heterocycles. The topological polar surface area (TPSA) is 109 Å². The molecular formula is C8H12N2O4S. The molecule has 0 heterocycles. The molecule has 1 atom stereocenters. The Balaban J connectivity index is 2.84. The van der Waals surface area contributed by atoms with Crippen LogP contribution in [0, 0.1) is 0 Å². The zero-order chi connectivity index (χ0) is 11.7. The van der Waals surface area contributed by atoms with Crippen molar-refractivity contribution in [3.05, 3.63) is 23.1 Å². The van der Waals surface area contributed by atoms with Crippen LogP contribution in [0.1, 0.15) is 13.3 Å². The molecule has 1 aliphatic rings. The Hall–Kier alpha value is -1.18. The Kier molecular flexibility index (Phi) is 2.98. The van der Waals surface area contributed by atoms with E-state index in [2.05, 4.69) is 5.32 Å². The summed E-state index contributed by atoms with van der Waals surface area (Å²) >= 11 is 0. The normalized spacial score (nSPS) is 25.9. The Morgan fingerprint density at radius 3 is 2.60 bits per heavy atom. The summed E-state index contributed by atoms with van der Waals surface area (Å²) < 4.78 is 30.2. The van der Waals surface area contributed by atoms with E-state index in [1.807, 2.05) is 0 Å². The fourth-order valence-electron chi connectivity index (χ4n) is 1.25. The minimum atomic E-state index is -4.20. The van der Waals surface area contributed by atoms with E-state index in [1.165, 1.54) is 19.1 Å². The van der Waals surface area contributed by atoms with Crippen LogP contribution in [0.2, 0.25) is 0 Å². The smallest absolute Gasteiger partial charge is 0.294 e. The number of carbonyl (C=O) groups is 1. The van der Waals surface area contributed by atoms with E-state index in [4.69, 9.17) is 10.3 Å². The van der Waals surface area contributed by atoms with Crippen molar-refractivity contribution < 1.29 is 17.8 Å². The number of nitrogens with two attached hydrogens (primary N) is 1. The number of hydrogen-bond donors (Lipinski definition) is 3. The first-order chi connectivity index (χ1) is 6.73. The molecule has 6 nitrogen and oxygen atoms in total. The standard InChI is InChI=1S/C8H12N2O4S/c1-6(11)10-8(9)4-2-7(3-5-8)15(12,13)14/h2-4H,5,9H2,1H3,(H,10,11)(H,12,13,14). The Bertz CT molecular complexity index is 438. The lowest BCUT2D eigenvalue weighted by atomic mass is 10.0. The van der Waals surface area contributed by atoms with Crippen molar-refractivity contribution in [1.29, 1.82) is 0 Å². The van der Waals surface area contributed by atoms with E-state index in [-0.39, 0.29) is 17.2 Å². The molecule has 1 amide bonds. The third-order valence-electron chi connectivity index (χ3n) is 1.89. The summed E-state index contributed by atoms with van der Waals surface area (Å²) in [5.41, 5.74) is 4.64. The van der Waals surface area contributed by atoms with Gasteiger partial charge in [0.15, 0.2) is 0 Å². The van der Waals surface area contributed by atoms with Gasteiger partial charge in [-0.2, -0.15) is 8.42 Å². The molecule has 0 saturated carbocycles. The molecule has 7 heteroatoms. The largest absolute Gasteiger partial charge is 0.335 e. The lowest BCUT2D eigenvalue weighted by Crippen LogP contribution is -2.54. The lowest BCUT2D eigenvalue weighted by Gasteiger charge is -2.27. The van der Waals surface area contributed by atoms with Crippen molar-refractivity contribution in [3.63, 3.8) is 0 Å². The van der Waals surface area contributed by atoms with E-state index in [0.717, 1.165) is 6.08 Å². The Labute approximate surface area is 87.6 Å². The van der Waals surface area contributed by atoms with Gasteiger partial charge in [0.25, 0.3) is 10.1 Å². The summed E-state index contributed by atoms with van der Waals surface area (Å²) in [6, 6.07) is 0. The van der Waals surface area contributed by atoms with Crippen LogP contribution < -0.4 is 11.1 Å². The Morgan fingerprint density at radius 2 is 2.27 bits per heavy atom. The highest BCUT2D eigenvalue weighted by Crippen LogP contribution is 2.19. The first kappa shape index (κ1) is 11.9. The van der Waals surface area contributed by atoms with E-state index in [0.29, 0.717) is 0 Å². The average Bonchev–Trinajstić information content (AvgIpc) is 2.00. The van der Waals surface area contributed by atoms with Crippen LogP contribution in [0.15, 0.2) is 23.1 Å². The van der Waals surface area contributed by atoms with Gasteiger partial charge in [0, 0.05) is 13.3 Å². The van der Waals surface area contributed by atoms with Crippen molar-refractivity contribution in [3.8, 4) is 0 Å². The van der Waals surface area contributed by atoms with Crippen LogP contribution in [-0.2, 0) is 14.9 Å². The first-order valence-electron chi connectivity index (χ1n) is 4.17. The molecule has 0 saturated heterocycles.